The second-order valence-electron chi connectivity index (χ2n) is 8.03. The van der Waals surface area contributed by atoms with Crippen LogP contribution in [0.25, 0.3) is 0 Å². The summed E-state index contributed by atoms with van der Waals surface area (Å²) in [4.78, 5) is 16.1. The number of ether oxygens (including phenoxy) is 2. The number of hydrogen-bond acceptors (Lipinski definition) is 5. The fourth-order valence-corrected chi connectivity index (χ4v) is 4.94. The van der Waals surface area contributed by atoms with Gasteiger partial charge in [-0.25, -0.2) is 0 Å². The van der Waals surface area contributed by atoms with E-state index in [0.717, 1.165) is 49.0 Å². The molecule has 2 aromatic carbocycles. The van der Waals surface area contributed by atoms with Gasteiger partial charge in [0, 0.05) is 25.1 Å². The molecule has 1 aliphatic heterocycles. The summed E-state index contributed by atoms with van der Waals surface area (Å²) in [5, 5.41) is 3.18. The van der Waals surface area contributed by atoms with Crippen LogP contribution in [0.2, 0.25) is 0 Å². The largest absolute Gasteiger partial charge is 0.496 e. The van der Waals surface area contributed by atoms with Gasteiger partial charge >= 0.3 is 6.18 Å². The highest BCUT2D eigenvalue weighted by atomic mass is 32.2. The van der Waals surface area contributed by atoms with Crippen molar-refractivity contribution in [3.8, 4) is 5.75 Å². The van der Waals surface area contributed by atoms with E-state index < -0.39 is 23.2 Å². The van der Waals surface area contributed by atoms with Crippen LogP contribution in [-0.4, -0.2) is 57.5 Å². The molecule has 9 heteroatoms. The maximum absolute atomic E-state index is 13.6. The molecule has 0 aliphatic carbocycles. The van der Waals surface area contributed by atoms with Crippen molar-refractivity contribution in [2.24, 2.45) is 0 Å². The number of hydrogen-bond donors (Lipinski definition) is 1. The quantitative estimate of drug-likeness (QED) is 0.548. The number of carbonyl (C=O) groups is 1. The van der Waals surface area contributed by atoms with Crippen molar-refractivity contribution in [1.29, 1.82) is 0 Å². The van der Waals surface area contributed by atoms with Gasteiger partial charge in [0.05, 0.1) is 30.4 Å². The number of methoxy groups -OCH3 is 2. The van der Waals surface area contributed by atoms with E-state index in [1.54, 1.807) is 13.4 Å². The minimum Gasteiger partial charge on any atom is -0.496 e. The molecule has 0 aromatic heterocycles. The Balaban J connectivity index is 2.01. The highest BCUT2D eigenvalue weighted by Crippen LogP contribution is 2.39. The average Bonchev–Trinajstić information content (AvgIpc) is 2.81. The molecule has 0 bridgehead atoms. The summed E-state index contributed by atoms with van der Waals surface area (Å²) in [6.07, 6.45) is -1.32. The lowest BCUT2D eigenvalue weighted by Gasteiger charge is -2.44. The summed E-state index contributed by atoms with van der Waals surface area (Å²) < 4.78 is 50.6. The van der Waals surface area contributed by atoms with Crippen LogP contribution >= 0.6 is 11.8 Å². The summed E-state index contributed by atoms with van der Waals surface area (Å²) in [5.41, 5.74) is -0.464. The Labute approximate surface area is 196 Å². The zero-order chi connectivity index (χ0) is 24.1. The number of thioether (sulfide) groups is 1. The van der Waals surface area contributed by atoms with Crippen molar-refractivity contribution in [2.45, 2.75) is 29.5 Å². The van der Waals surface area contributed by atoms with Crippen molar-refractivity contribution in [3.05, 3.63) is 59.2 Å². The Morgan fingerprint density at radius 3 is 2.55 bits per heavy atom. The molecule has 0 spiro atoms. The smallest absolute Gasteiger partial charge is 0.416 e. The highest BCUT2D eigenvalue weighted by Gasteiger charge is 2.40. The third-order valence-corrected chi connectivity index (χ3v) is 6.68. The Kier molecular flexibility index (Phi) is 8.31. The lowest BCUT2D eigenvalue weighted by Crippen LogP contribution is -2.56. The second-order valence-corrected chi connectivity index (χ2v) is 8.88. The third-order valence-electron chi connectivity index (χ3n) is 5.92. The number of benzene rings is 2. The van der Waals surface area contributed by atoms with E-state index in [-0.39, 0.29) is 16.2 Å². The Morgan fingerprint density at radius 2 is 1.94 bits per heavy atom. The lowest BCUT2D eigenvalue weighted by molar-refractivity contribution is -0.137. The van der Waals surface area contributed by atoms with E-state index >= 15 is 0 Å². The average molecular weight is 483 g/mol. The maximum Gasteiger partial charge on any atom is 0.416 e. The number of nitrogens with zero attached hydrogens (tertiary/aromatic N) is 1. The molecule has 1 unspecified atom stereocenters. The van der Waals surface area contributed by atoms with Crippen molar-refractivity contribution in [1.82, 2.24) is 10.2 Å². The van der Waals surface area contributed by atoms with Gasteiger partial charge in [0.1, 0.15) is 5.75 Å². The fraction of sp³-hybridized carbons (Fsp3) is 0.458. The molecule has 1 atom stereocenters. The van der Waals surface area contributed by atoms with E-state index in [4.69, 9.17) is 9.47 Å². The van der Waals surface area contributed by atoms with Crippen LogP contribution in [0.1, 0.15) is 34.3 Å². The number of amides is 1. The minimum atomic E-state index is -4.54. The zero-order valence-corrected chi connectivity index (χ0v) is 19.8. The van der Waals surface area contributed by atoms with Gasteiger partial charge in [-0.05, 0) is 43.3 Å². The summed E-state index contributed by atoms with van der Waals surface area (Å²) in [5.74, 6) is -0.552. The van der Waals surface area contributed by atoms with Crippen molar-refractivity contribution in [2.75, 3.05) is 46.7 Å². The number of carbonyl (C=O) groups excluding carboxylic acids is 1. The SMILES string of the molecule is COCCN1CCCC(NC(=O)c2c(OC)cc(C(F)(F)F)cc2SC)(c2ccccc2)C1. The summed E-state index contributed by atoms with van der Waals surface area (Å²) >= 11 is 1.08. The Hall–Kier alpha value is -2.23. The molecule has 5 nitrogen and oxygen atoms in total. The predicted octanol–water partition coefficient (Wildman–Crippen LogP) is 4.80. The standard InChI is InChI=1S/C24H29F3N2O3S/c1-31-13-12-29-11-7-10-23(16-29,17-8-5-4-6-9-17)28-22(30)21-19(32-2)14-18(24(25,26)27)15-20(21)33-3/h4-6,8-9,14-15H,7,10-13,16H2,1-3H3,(H,28,30). The summed E-state index contributed by atoms with van der Waals surface area (Å²) in [7, 11) is 2.92. The van der Waals surface area contributed by atoms with Crippen LogP contribution in [0.5, 0.6) is 5.75 Å². The van der Waals surface area contributed by atoms with E-state index in [1.165, 1.54) is 7.11 Å². The summed E-state index contributed by atoms with van der Waals surface area (Å²) in [6.45, 7) is 2.75. The van der Waals surface area contributed by atoms with Crippen molar-refractivity contribution >= 4 is 17.7 Å². The molecule has 0 saturated carbocycles. The van der Waals surface area contributed by atoms with Gasteiger partial charge in [0.25, 0.3) is 5.91 Å². The van der Waals surface area contributed by atoms with Crippen LogP contribution in [0, 0.1) is 0 Å². The molecular formula is C24H29F3N2O3S. The first-order chi connectivity index (χ1) is 15.7. The molecule has 1 aliphatic rings. The lowest BCUT2D eigenvalue weighted by atomic mass is 9.81. The van der Waals surface area contributed by atoms with Gasteiger partial charge in [0.2, 0.25) is 0 Å². The molecule has 1 fully saturated rings. The summed E-state index contributed by atoms with van der Waals surface area (Å²) in [6, 6.07) is 11.6. The first-order valence-electron chi connectivity index (χ1n) is 10.7. The molecule has 180 valence electrons. The first kappa shape index (κ1) is 25.4. The van der Waals surface area contributed by atoms with E-state index in [9.17, 15) is 18.0 Å². The van der Waals surface area contributed by atoms with Gasteiger partial charge in [-0.2, -0.15) is 13.2 Å². The monoisotopic (exact) mass is 482 g/mol. The van der Waals surface area contributed by atoms with Gasteiger partial charge in [-0.15, -0.1) is 11.8 Å². The molecule has 1 amide bonds. The normalized spacial score (nSPS) is 19.3. The number of rotatable bonds is 8. The fourth-order valence-electron chi connectivity index (χ4n) is 4.30. The molecular weight excluding hydrogens is 453 g/mol. The number of likely N-dealkylation sites (tertiary alicyclic amines) is 1. The van der Waals surface area contributed by atoms with Crippen LogP contribution in [0.3, 0.4) is 0 Å². The van der Waals surface area contributed by atoms with Crippen molar-refractivity contribution in [3.63, 3.8) is 0 Å². The molecule has 3 rings (SSSR count). The maximum atomic E-state index is 13.6. The number of alkyl halides is 3. The van der Waals surface area contributed by atoms with Crippen LogP contribution in [0.15, 0.2) is 47.4 Å². The van der Waals surface area contributed by atoms with E-state index in [1.807, 2.05) is 30.3 Å². The molecule has 1 heterocycles. The highest BCUT2D eigenvalue weighted by molar-refractivity contribution is 7.98. The van der Waals surface area contributed by atoms with Crippen LogP contribution < -0.4 is 10.1 Å². The molecule has 33 heavy (non-hydrogen) atoms. The van der Waals surface area contributed by atoms with Crippen LogP contribution in [0.4, 0.5) is 13.2 Å². The zero-order valence-electron chi connectivity index (χ0n) is 19.0. The first-order valence-corrected chi connectivity index (χ1v) is 11.9. The Bertz CT molecular complexity index is 931. The molecule has 1 N–H and O–H groups in total. The van der Waals surface area contributed by atoms with Gasteiger partial charge in [-0.3, -0.25) is 9.69 Å². The third kappa shape index (κ3) is 5.83. The number of halogens is 3. The van der Waals surface area contributed by atoms with E-state index in [2.05, 4.69) is 10.2 Å². The van der Waals surface area contributed by atoms with Gasteiger partial charge in [0.15, 0.2) is 0 Å². The topological polar surface area (TPSA) is 50.8 Å². The van der Waals surface area contributed by atoms with Gasteiger partial charge in [-0.1, -0.05) is 30.3 Å². The van der Waals surface area contributed by atoms with E-state index in [0.29, 0.717) is 19.6 Å². The van der Waals surface area contributed by atoms with Crippen molar-refractivity contribution < 1.29 is 27.4 Å². The molecule has 2 aromatic rings. The second kappa shape index (κ2) is 10.8. The van der Waals surface area contributed by atoms with Crippen LogP contribution in [-0.2, 0) is 16.5 Å². The van der Waals surface area contributed by atoms with Gasteiger partial charge < -0.3 is 14.8 Å². The predicted molar refractivity (Wildman–Crippen MR) is 123 cm³/mol. The molecule has 0 radical (unpaired) electrons. The minimum absolute atomic E-state index is 0.0954. The Morgan fingerprint density at radius 1 is 1.21 bits per heavy atom. The number of piperidine rings is 1. The number of nitrogens with one attached hydrogen (secondary N) is 1. The molecule has 1 saturated heterocycles.